The number of amides is 1. The van der Waals surface area contributed by atoms with Gasteiger partial charge in [-0.2, -0.15) is 5.10 Å². The number of hydrogen-bond acceptors (Lipinski definition) is 3. The van der Waals surface area contributed by atoms with Crippen molar-refractivity contribution in [3.63, 3.8) is 0 Å². The van der Waals surface area contributed by atoms with Crippen LogP contribution < -0.4 is 10.6 Å². The molecule has 124 valence electrons. The van der Waals surface area contributed by atoms with Crippen LogP contribution in [0.3, 0.4) is 0 Å². The zero-order valence-corrected chi connectivity index (χ0v) is 14.6. The highest BCUT2D eigenvalue weighted by atomic mass is 35.5. The van der Waals surface area contributed by atoms with Gasteiger partial charge in [-0.1, -0.05) is 23.7 Å². The van der Waals surface area contributed by atoms with Gasteiger partial charge in [0.2, 0.25) is 5.91 Å². The molecule has 1 aliphatic carbocycles. The third kappa shape index (κ3) is 3.52. The molecule has 2 N–H and O–H groups in total. The van der Waals surface area contributed by atoms with Gasteiger partial charge in [-0.05, 0) is 37.1 Å². The van der Waals surface area contributed by atoms with E-state index in [1.807, 2.05) is 31.4 Å². The molecule has 2 atom stereocenters. The van der Waals surface area contributed by atoms with Gasteiger partial charge in [-0.25, -0.2) is 0 Å². The first-order valence-corrected chi connectivity index (χ1v) is 7.71. The molecule has 5 nitrogen and oxygen atoms in total. The van der Waals surface area contributed by atoms with E-state index in [9.17, 15) is 4.79 Å². The first kappa shape index (κ1) is 17.8. The van der Waals surface area contributed by atoms with Crippen molar-refractivity contribution in [1.82, 2.24) is 20.4 Å². The van der Waals surface area contributed by atoms with Crippen LogP contribution in [0.15, 0.2) is 30.6 Å². The first-order chi connectivity index (χ1) is 10.6. The molecule has 0 radical (unpaired) electrons. The SMILES string of the molecule is CNC(C(=O)NC1CCc2c(Cl)cccc21)c1cnn(C)c1.Cl. The molecular formula is C16H20Cl2N4O. The number of aromatic nitrogens is 2. The highest BCUT2D eigenvalue weighted by molar-refractivity contribution is 6.31. The number of rotatable bonds is 4. The fourth-order valence-corrected chi connectivity index (χ4v) is 3.33. The van der Waals surface area contributed by atoms with E-state index < -0.39 is 6.04 Å². The van der Waals surface area contributed by atoms with E-state index in [-0.39, 0.29) is 24.4 Å². The van der Waals surface area contributed by atoms with Gasteiger partial charge in [-0.15, -0.1) is 12.4 Å². The lowest BCUT2D eigenvalue weighted by Gasteiger charge is -2.19. The Labute approximate surface area is 146 Å². The number of hydrogen-bond donors (Lipinski definition) is 2. The Bertz CT molecular complexity index is 701. The highest BCUT2D eigenvalue weighted by Crippen LogP contribution is 2.35. The average molecular weight is 355 g/mol. The first-order valence-electron chi connectivity index (χ1n) is 7.33. The van der Waals surface area contributed by atoms with Crippen LogP contribution in [0, 0.1) is 0 Å². The number of carbonyl (C=O) groups is 1. The molecule has 1 heterocycles. The third-order valence-electron chi connectivity index (χ3n) is 4.14. The molecule has 2 unspecified atom stereocenters. The van der Waals surface area contributed by atoms with Crippen molar-refractivity contribution < 1.29 is 4.79 Å². The Morgan fingerprint density at radius 2 is 2.26 bits per heavy atom. The molecule has 23 heavy (non-hydrogen) atoms. The fourth-order valence-electron chi connectivity index (χ4n) is 3.05. The molecule has 1 amide bonds. The second-order valence-corrected chi connectivity index (χ2v) is 5.98. The molecule has 0 aliphatic heterocycles. The minimum atomic E-state index is -0.406. The Balaban J connectivity index is 0.00000192. The van der Waals surface area contributed by atoms with Gasteiger partial charge < -0.3 is 10.6 Å². The lowest BCUT2D eigenvalue weighted by Crippen LogP contribution is -2.37. The van der Waals surface area contributed by atoms with E-state index in [2.05, 4.69) is 15.7 Å². The van der Waals surface area contributed by atoms with Crippen LogP contribution in [-0.2, 0) is 18.3 Å². The van der Waals surface area contributed by atoms with Crippen LogP contribution in [-0.4, -0.2) is 22.7 Å². The summed E-state index contributed by atoms with van der Waals surface area (Å²) in [5.41, 5.74) is 3.13. The molecule has 1 aromatic heterocycles. The fraction of sp³-hybridized carbons (Fsp3) is 0.375. The number of benzene rings is 1. The molecule has 3 rings (SSSR count). The average Bonchev–Trinajstić information content (AvgIpc) is 3.08. The topological polar surface area (TPSA) is 59.0 Å². The van der Waals surface area contributed by atoms with Gasteiger partial charge in [0, 0.05) is 23.8 Å². The minimum absolute atomic E-state index is 0. The number of carbonyl (C=O) groups excluding carboxylic acids is 1. The summed E-state index contributed by atoms with van der Waals surface area (Å²) in [6, 6.07) is 5.49. The third-order valence-corrected chi connectivity index (χ3v) is 4.49. The second kappa shape index (κ2) is 7.34. The number of nitrogens with one attached hydrogen (secondary N) is 2. The number of likely N-dealkylation sites (N-methyl/N-ethyl adjacent to an activating group) is 1. The molecule has 0 saturated carbocycles. The predicted molar refractivity (Wildman–Crippen MR) is 92.9 cm³/mol. The molecule has 0 spiro atoms. The molecule has 0 saturated heterocycles. The maximum absolute atomic E-state index is 12.6. The van der Waals surface area contributed by atoms with Crippen LogP contribution in [0.4, 0.5) is 0 Å². The van der Waals surface area contributed by atoms with Crippen molar-refractivity contribution in [3.05, 3.63) is 52.3 Å². The maximum atomic E-state index is 12.6. The van der Waals surface area contributed by atoms with E-state index in [1.54, 1.807) is 17.9 Å². The Hall–Kier alpha value is -1.56. The lowest BCUT2D eigenvalue weighted by atomic mass is 10.1. The largest absolute Gasteiger partial charge is 0.348 e. The smallest absolute Gasteiger partial charge is 0.242 e. The molecule has 1 aromatic carbocycles. The Morgan fingerprint density at radius 1 is 1.48 bits per heavy atom. The summed E-state index contributed by atoms with van der Waals surface area (Å²) < 4.78 is 1.69. The quantitative estimate of drug-likeness (QED) is 0.886. The molecule has 0 bridgehead atoms. The van der Waals surface area contributed by atoms with Crippen LogP contribution in [0.5, 0.6) is 0 Å². The second-order valence-electron chi connectivity index (χ2n) is 5.58. The lowest BCUT2D eigenvalue weighted by molar-refractivity contribution is -0.123. The zero-order chi connectivity index (χ0) is 15.7. The maximum Gasteiger partial charge on any atom is 0.242 e. The van der Waals surface area contributed by atoms with Crippen molar-refractivity contribution in [3.8, 4) is 0 Å². The standard InChI is InChI=1S/C16H19ClN4O.ClH/c1-18-15(10-8-19-21(2)9-10)16(22)20-14-7-6-11-12(14)4-3-5-13(11)17;/h3-5,8-9,14-15,18H,6-7H2,1-2H3,(H,20,22);1H. The van der Waals surface area contributed by atoms with E-state index in [0.717, 1.165) is 34.6 Å². The van der Waals surface area contributed by atoms with Crippen LogP contribution in [0.25, 0.3) is 0 Å². The number of fused-ring (bicyclic) bond motifs is 1. The Morgan fingerprint density at radius 3 is 2.91 bits per heavy atom. The molecule has 7 heteroatoms. The van der Waals surface area contributed by atoms with Crippen molar-refractivity contribution in [2.45, 2.75) is 24.9 Å². The van der Waals surface area contributed by atoms with Gasteiger partial charge >= 0.3 is 0 Å². The van der Waals surface area contributed by atoms with E-state index in [4.69, 9.17) is 11.6 Å². The summed E-state index contributed by atoms with van der Waals surface area (Å²) in [6.45, 7) is 0. The summed E-state index contributed by atoms with van der Waals surface area (Å²) in [5, 5.41) is 11.1. The minimum Gasteiger partial charge on any atom is -0.348 e. The van der Waals surface area contributed by atoms with Gasteiger partial charge in [0.15, 0.2) is 0 Å². The van der Waals surface area contributed by atoms with Crippen LogP contribution in [0.1, 0.15) is 35.2 Å². The van der Waals surface area contributed by atoms with Crippen molar-refractivity contribution >= 4 is 29.9 Å². The normalized spacial score (nSPS) is 17.3. The highest BCUT2D eigenvalue weighted by Gasteiger charge is 2.28. The summed E-state index contributed by atoms with van der Waals surface area (Å²) in [7, 11) is 3.61. The summed E-state index contributed by atoms with van der Waals surface area (Å²) in [4.78, 5) is 12.6. The predicted octanol–water partition coefficient (Wildman–Crippen LogP) is 2.56. The van der Waals surface area contributed by atoms with E-state index in [1.165, 1.54) is 0 Å². The van der Waals surface area contributed by atoms with Gasteiger partial charge in [-0.3, -0.25) is 9.48 Å². The van der Waals surface area contributed by atoms with E-state index in [0.29, 0.717) is 0 Å². The van der Waals surface area contributed by atoms with Crippen molar-refractivity contribution in [2.75, 3.05) is 7.05 Å². The van der Waals surface area contributed by atoms with Crippen LogP contribution >= 0.6 is 24.0 Å². The summed E-state index contributed by atoms with van der Waals surface area (Å²) in [5.74, 6) is -0.0478. The van der Waals surface area contributed by atoms with Crippen molar-refractivity contribution in [1.29, 1.82) is 0 Å². The van der Waals surface area contributed by atoms with Crippen LogP contribution in [0.2, 0.25) is 5.02 Å². The summed E-state index contributed by atoms with van der Waals surface area (Å²) in [6.07, 6.45) is 5.34. The monoisotopic (exact) mass is 354 g/mol. The number of nitrogens with zero attached hydrogens (tertiary/aromatic N) is 2. The van der Waals surface area contributed by atoms with Gasteiger partial charge in [0.05, 0.1) is 12.2 Å². The van der Waals surface area contributed by atoms with E-state index >= 15 is 0 Å². The molecular weight excluding hydrogens is 335 g/mol. The van der Waals surface area contributed by atoms with Gasteiger partial charge in [0.1, 0.15) is 6.04 Å². The number of aryl methyl sites for hydroxylation is 1. The molecule has 1 aliphatic rings. The number of halogens is 2. The summed E-state index contributed by atoms with van der Waals surface area (Å²) >= 11 is 6.22. The molecule has 2 aromatic rings. The molecule has 0 fully saturated rings. The van der Waals surface area contributed by atoms with Crippen molar-refractivity contribution in [2.24, 2.45) is 7.05 Å². The Kier molecular flexibility index (Phi) is 5.68. The zero-order valence-electron chi connectivity index (χ0n) is 13.0. The van der Waals surface area contributed by atoms with Gasteiger partial charge in [0.25, 0.3) is 0 Å².